The Kier molecular flexibility index (Phi) is 10.1. The molecule has 3 unspecified atom stereocenters. The Bertz CT molecular complexity index is 1030. The molecule has 2 aromatic carbocycles. The minimum absolute atomic E-state index is 0.111. The van der Waals surface area contributed by atoms with Gasteiger partial charge in [0.15, 0.2) is 0 Å². The molecular formula is C26H32N4O4S. The third-order valence-corrected chi connectivity index (χ3v) is 6.23. The molecule has 0 radical (unpaired) electrons. The lowest BCUT2D eigenvalue weighted by molar-refractivity contribution is 0.0897. The lowest BCUT2D eigenvalue weighted by atomic mass is 9.93. The highest BCUT2D eigenvalue weighted by atomic mass is 32.1. The van der Waals surface area contributed by atoms with Crippen LogP contribution in [-0.2, 0) is 24.2 Å². The summed E-state index contributed by atoms with van der Waals surface area (Å²) >= 11 is 1.40. The number of nitrogens with zero attached hydrogens (tertiary/aromatic N) is 2. The van der Waals surface area contributed by atoms with Crippen LogP contribution in [0, 0.1) is 0 Å². The molecule has 0 saturated heterocycles. The lowest BCUT2D eigenvalue weighted by Gasteiger charge is -2.29. The van der Waals surface area contributed by atoms with Gasteiger partial charge < -0.3 is 25.4 Å². The molecule has 0 saturated carbocycles. The van der Waals surface area contributed by atoms with E-state index in [0.29, 0.717) is 12.8 Å². The van der Waals surface area contributed by atoms with Gasteiger partial charge in [0, 0.05) is 26.3 Å². The zero-order chi connectivity index (χ0) is 25.0. The molecule has 1 aromatic heterocycles. The molecule has 3 atom stereocenters. The number of hydrogen-bond donors (Lipinski definition) is 3. The van der Waals surface area contributed by atoms with Crippen molar-refractivity contribution in [1.29, 1.82) is 0 Å². The molecule has 0 bridgehead atoms. The second-order valence-corrected chi connectivity index (χ2v) is 9.49. The summed E-state index contributed by atoms with van der Waals surface area (Å²) in [5.41, 5.74) is 3.68. The molecule has 3 N–H and O–H groups in total. The minimum Gasteiger partial charge on any atom is -0.444 e. The summed E-state index contributed by atoms with van der Waals surface area (Å²) in [5, 5.41) is 17.0. The summed E-state index contributed by atoms with van der Waals surface area (Å²) in [7, 11) is 3.34. The van der Waals surface area contributed by atoms with Crippen molar-refractivity contribution in [3.8, 4) is 0 Å². The van der Waals surface area contributed by atoms with E-state index in [-0.39, 0.29) is 25.1 Å². The minimum atomic E-state index is -0.928. The highest BCUT2D eigenvalue weighted by molar-refractivity contribution is 7.09. The van der Waals surface area contributed by atoms with Crippen LogP contribution in [0.1, 0.15) is 22.4 Å². The molecule has 186 valence electrons. The number of nitrogens with one attached hydrogen (secondary N) is 2. The fraction of sp³-hybridized carbons (Fsp3) is 0.346. The number of rotatable bonds is 11. The Hall–Kier alpha value is -3.43. The van der Waals surface area contributed by atoms with Gasteiger partial charge in [-0.15, -0.1) is 11.3 Å². The Balaban J connectivity index is 1.71. The topological polar surface area (TPSA) is 104 Å². The Morgan fingerprint density at radius 2 is 1.63 bits per heavy atom. The number of carbonyl (C=O) groups is 2. The van der Waals surface area contributed by atoms with Crippen LogP contribution < -0.4 is 10.6 Å². The van der Waals surface area contributed by atoms with Crippen LogP contribution in [0.15, 0.2) is 72.4 Å². The summed E-state index contributed by atoms with van der Waals surface area (Å²) in [5.74, 6) is 0. The number of carbonyl (C=O) groups excluding carboxylic acids is 2. The SMILES string of the molecule is CN(C)C(=O)NC(Cc1ccccc1)CC(O)C(Cc1ccccc1)NC(=O)OCc1cncs1. The van der Waals surface area contributed by atoms with E-state index in [4.69, 9.17) is 4.74 Å². The zero-order valence-electron chi connectivity index (χ0n) is 20.0. The average molecular weight is 497 g/mol. The molecule has 3 aromatic rings. The van der Waals surface area contributed by atoms with E-state index in [1.54, 1.807) is 25.8 Å². The average Bonchev–Trinajstić information content (AvgIpc) is 3.37. The summed E-state index contributed by atoms with van der Waals surface area (Å²) in [6.07, 6.45) is 1.32. The molecule has 0 aliphatic rings. The summed E-state index contributed by atoms with van der Waals surface area (Å²) in [6, 6.07) is 18.2. The highest BCUT2D eigenvalue weighted by Crippen LogP contribution is 2.15. The standard InChI is InChI=1S/C26H32N4O4S/c1-30(2)25(32)28-21(13-19-9-5-3-6-10-19)15-24(31)23(14-20-11-7-4-8-12-20)29-26(33)34-17-22-16-27-18-35-22/h3-12,16,18,21,23-24,31H,13-15,17H2,1-2H3,(H,28,32)(H,29,33). The second kappa shape index (κ2) is 13.5. The first kappa shape index (κ1) is 26.2. The van der Waals surface area contributed by atoms with E-state index in [1.165, 1.54) is 16.2 Å². The Morgan fingerprint density at radius 1 is 1.00 bits per heavy atom. The molecule has 35 heavy (non-hydrogen) atoms. The number of ether oxygens (including phenoxy) is 1. The monoisotopic (exact) mass is 496 g/mol. The van der Waals surface area contributed by atoms with Gasteiger partial charge in [-0.1, -0.05) is 60.7 Å². The van der Waals surface area contributed by atoms with E-state index in [0.717, 1.165) is 16.0 Å². The maximum Gasteiger partial charge on any atom is 0.407 e. The molecule has 3 amide bonds. The van der Waals surface area contributed by atoms with Gasteiger partial charge in [0.05, 0.1) is 22.5 Å². The number of benzene rings is 2. The van der Waals surface area contributed by atoms with E-state index >= 15 is 0 Å². The van der Waals surface area contributed by atoms with Crippen molar-refractivity contribution >= 4 is 23.5 Å². The van der Waals surface area contributed by atoms with Crippen molar-refractivity contribution in [1.82, 2.24) is 20.5 Å². The largest absolute Gasteiger partial charge is 0.444 e. The smallest absolute Gasteiger partial charge is 0.407 e. The van der Waals surface area contributed by atoms with E-state index in [2.05, 4.69) is 15.6 Å². The quantitative estimate of drug-likeness (QED) is 0.376. The lowest BCUT2D eigenvalue weighted by Crippen LogP contribution is -2.50. The van der Waals surface area contributed by atoms with Crippen LogP contribution in [0.4, 0.5) is 9.59 Å². The van der Waals surface area contributed by atoms with Gasteiger partial charge in [0.1, 0.15) is 6.61 Å². The van der Waals surface area contributed by atoms with Gasteiger partial charge in [-0.2, -0.15) is 0 Å². The maximum absolute atomic E-state index is 12.6. The van der Waals surface area contributed by atoms with Crippen LogP contribution >= 0.6 is 11.3 Å². The number of hydrogen-bond acceptors (Lipinski definition) is 6. The zero-order valence-corrected chi connectivity index (χ0v) is 20.8. The van der Waals surface area contributed by atoms with Crippen LogP contribution in [0.5, 0.6) is 0 Å². The van der Waals surface area contributed by atoms with Crippen molar-refractivity contribution in [3.05, 3.63) is 88.4 Å². The molecule has 1 heterocycles. The van der Waals surface area contributed by atoms with Crippen LogP contribution in [0.2, 0.25) is 0 Å². The van der Waals surface area contributed by atoms with Crippen molar-refractivity contribution in [2.75, 3.05) is 14.1 Å². The van der Waals surface area contributed by atoms with Crippen molar-refractivity contribution < 1.29 is 19.4 Å². The van der Waals surface area contributed by atoms with Gasteiger partial charge in [-0.05, 0) is 30.4 Å². The first-order valence-corrected chi connectivity index (χ1v) is 12.3. The Morgan fingerprint density at radius 3 is 2.20 bits per heavy atom. The molecule has 8 nitrogen and oxygen atoms in total. The van der Waals surface area contributed by atoms with Crippen molar-refractivity contribution in [2.24, 2.45) is 0 Å². The third-order valence-electron chi connectivity index (χ3n) is 5.48. The number of alkyl carbamates (subject to hydrolysis) is 1. The van der Waals surface area contributed by atoms with Crippen molar-refractivity contribution in [2.45, 2.75) is 44.1 Å². The van der Waals surface area contributed by atoms with E-state index < -0.39 is 18.2 Å². The van der Waals surface area contributed by atoms with Gasteiger partial charge >= 0.3 is 12.1 Å². The summed E-state index contributed by atoms with van der Waals surface area (Å²) in [4.78, 5) is 31.2. The fourth-order valence-corrected chi connectivity index (χ4v) is 4.15. The fourth-order valence-electron chi connectivity index (χ4n) is 3.65. The number of thiazole rings is 1. The number of aromatic nitrogens is 1. The highest BCUT2D eigenvalue weighted by Gasteiger charge is 2.27. The van der Waals surface area contributed by atoms with E-state index in [9.17, 15) is 14.7 Å². The molecule has 0 spiro atoms. The van der Waals surface area contributed by atoms with Crippen LogP contribution in [-0.4, -0.2) is 59.4 Å². The van der Waals surface area contributed by atoms with Gasteiger partial charge in [0.2, 0.25) is 0 Å². The number of aliphatic hydroxyl groups is 1. The Labute approximate surface area is 210 Å². The molecule has 3 rings (SSSR count). The number of aliphatic hydroxyl groups excluding tert-OH is 1. The molecule has 9 heteroatoms. The third kappa shape index (κ3) is 9.03. The predicted octanol–water partition coefficient (Wildman–Crippen LogP) is 3.61. The first-order valence-electron chi connectivity index (χ1n) is 11.4. The van der Waals surface area contributed by atoms with E-state index in [1.807, 2.05) is 60.7 Å². The predicted molar refractivity (Wildman–Crippen MR) is 136 cm³/mol. The second-order valence-electron chi connectivity index (χ2n) is 8.52. The summed E-state index contributed by atoms with van der Waals surface area (Å²) in [6.45, 7) is 0.111. The number of amides is 3. The summed E-state index contributed by atoms with van der Waals surface area (Å²) < 4.78 is 5.33. The molecule has 0 fully saturated rings. The van der Waals surface area contributed by atoms with Gasteiger partial charge in [-0.3, -0.25) is 4.98 Å². The van der Waals surface area contributed by atoms with Gasteiger partial charge in [0.25, 0.3) is 0 Å². The number of urea groups is 1. The van der Waals surface area contributed by atoms with Crippen molar-refractivity contribution in [3.63, 3.8) is 0 Å². The van der Waals surface area contributed by atoms with Gasteiger partial charge in [-0.25, -0.2) is 9.59 Å². The molecular weight excluding hydrogens is 464 g/mol. The first-order chi connectivity index (χ1) is 16.9. The van der Waals surface area contributed by atoms with Crippen LogP contribution in [0.3, 0.4) is 0 Å². The normalized spacial score (nSPS) is 13.3. The molecule has 0 aliphatic heterocycles. The molecule has 0 aliphatic carbocycles. The van der Waals surface area contributed by atoms with Crippen LogP contribution in [0.25, 0.3) is 0 Å². The maximum atomic E-state index is 12.6.